The fraction of sp³-hybridized carbons (Fsp3) is 0.381. The molecule has 1 saturated heterocycles. The Hall–Kier alpha value is -2.38. The van der Waals surface area contributed by atoms with E-state index in [-0.39, 0.29) is 10.8 Å². The molecule has 7 heteroatoms. The number of carbonyl (C=O) groups excluding carboxylic acids is 1. The monoisotopic (exact) mass is 401 g/mol. The predicted molar refractivity (Wildman–Crippen MR) is 112 cm³/mol. The maximum atomic E-state index is 12.6. The molecule has 0 aromatic heterocycles. The van der Waals surface area contributed by atoms with E-state index in [0.717, 1.165) is 30.5 Å². The molecule has 0 bridgehead atoms. The van der Waals surface area contributed by atoms with Crippen molar-refractivity contribution in [3.63, 3.8) is 0 Å². The minimum absolute atomic E-state index is 0.180. The van der Waals surface area contributed by atoms with Crippen LogP contribution in [0.5, 0.6) is 0 Å². The summed E-state index contributed by atoms with van der Waals surface area (Å²) in [6.45, 7) is 5.02. The molecule has 2 N–H and O–H groups in total. The Balaban J connectivity index is 1.64. The van der Waals surface area contributed by atoms with Crippen molar-refractivity contribution >= 4 is 27.3 Å². The lowest BCUT2D eigenvalue weighted by molar-refractivity contribution is -0.116. The Morgan fingerprint density at radius 2 is 1.71 bits per heavy atom. The molecule has 2 aromatic rings. The molecule has 6 nitrogen and oxygen atoms in total. The first-order valence-electron chi connectivity index (χ1n) is 9.67. The summed E-state index contributed by atoms with van der Waals surface area (Å²) in [4.78, 5) is 12.8. The Labute approximate surface area is 167 Å². The lowest BCUT2D eigenvalue weighted by Crippen LogP contribution is -2.32. The maximum Gasteiger partial charge on any atom is 0.246 e. The number of nitrogens with one attached hydrogen (secondary N) is 2. The minimum Gasteiger partial charge on any atom is -0.374 e. The van der Waals surface area contributed by atoms with Crippen molar-refractivity contribution in [2.75, 3.05) is 23.7 Å². The van der Waals surface area contributed by atoms with Crippen LogP contribution in [-0.4, -0.2) is 37.8 Å². The highest BCUT2D eigenvalue weighted by Gasteiger charge is 2.27. The SMILES string of the molecule is CCc1ccccc1N[C@H](C)C(=O)Nc1ccc(S(=O)(=O)N2CCCC2)cc1. The number of para-hydroxylation sites is 1. The van der Waals surface area contributed by atoms with Crippen LogP contribution in [-0.2, 0) is 21.2 Å². The van der Waals surface area contributed by atoms with Crippen LogP contribution in [0.15, 0.2) is 53.4 Å². The highest BCUT2D eigenvalue weighted by molar-refractivity contribution is 7.89. The maximum absolute atomic E-state index is 12.6. The Kier molecular flexibility index (Phi) is 6.36. The number of sulfonamides is 1. The van der Waals surface area contributed by atoms with Gasteiger partial charge in [-0.2, -0.15) is 4.31 Å². The second kappa shape index (κ2) is 8.75. The third-order valence-electron chi connectivity index (χ3n) is 4.99. The quantitative estimate of drug-likeness (QED) is 0.745. The van der Waals surface area contributed by atoms with Gasteiger partial charge >= 0.3 is 0 Å². The average molecular weight is 402 g/mol. The summed E-state index contributed by atoms with van der Waals surface area (Å²) in [7, 11) is -3.44. The first kappa shape index (κ1) is 20.4. The van der Waals surface area contributed by atoms with Crippen LogP contribution in [0.3, 0.4) is 0 Å². The van der Waals surface area contributed by atoms with E-state index in [1.165, 1.54) is 4.31 Å². The lowest BCUT2D eigenvalue weighted by atomic mass is 10.1. The van der Waals surface area contributed by atoms with Crippen LogP contribution in [0.25, 0.3) is 0 Å². The van der Waals surface area contributed by atoms with Crippen molar-refractivity contribution in [1.82, 2.24) is 4.31 Å². The highest BCUT2D eigenvalue weighted by Crippen LogP contribution is 2.22. The van der Waals surface area contributed by atoms with Gasteiger partial charge in [-0.15, -0.1) is 0 Å². The molecule has 1 atom stereocenters. The van der Waals surface area contributed by atoms with E-state index in [2.05, 4.69) is 17.6 Å². The number of hydrogen-bond acceptors (Lipinski definition) is 4. The molecule has 0 spiro atoms. The van der Waals surface area contributed by atoms with Crippen molar-refractivity contribution < 1.29 is 13.2 Å². The van der Waals surface area contributed by atoms with E-state index in [0.29, 0.717) is 18.8 Å². The number of rotatable bonds is 7. The van der Waals surface area contributed by atoms with Crippen molar-refractivity contribution in [2.24, 2.45) is 0 Å². The Morgan fingerprint density at radius 3 is 2.36 bits per heavy atom. The smallest absolute Gasteiger partial charge is 0.246 e. The van der Waals surface area contributed by atoms with Crippen LogP contribution in [0, 0.1) is 0 Å². The average Bonchev–Trinajstić information content (AvgIpc) is 3.24. The zero-order chi connectivity index (χ0) is 20.1. The van der Waals surface area contributed by atoms with Gasteiger partial charge in [-0.25, -0.2) is 8.42 Å². The van der Waals surface area contributed by atoms with E-state index in [1.807, 2.05) is 24.3 Å². The first-order valence-corrected chi connectivity index (χ1v) is 11.1. The molecule has 1 heterocycles. The van der Waals surface area contributed by atoms with Crippen LogP contribution in [0.1, 0.15) is 32.3 Å². The van der Waals surface area contributed by atoms with Gasteiger partial charge < -0.3 is 10.6 Å². The largest absolute Gasteiger partial charge is 0.374 e. The summed E-state index contributed by atoms with van der Waals surface area (Å²) < 4.78 is 26.6. The van der Waals surface area contributed by atoms with E-state index in [4.69, 9.17) is 0 Å². The lowest BCUT2D eigenvalue weighted by Gasteiger charge is -2.18. The summed E-state index contributed by atoms with van der Waals surface area (Å²) in [5.41, 5.74) is 2.67. The van der Waals surface area contributed by atoms with Crippen molar-refractivity contribution in [1.29, 1.82) is 0 Å². The molecule has 0 aliphatic carbocycles. The van der Waals surface area contributed by atoms with Gasteiger partial charge in [-0.3, -0.25) is 4.79 Å². The third kappa shape index (κ3) is 4.54. The predicted octanol–water partition coefficient (Wildman–Crippen LogP) is 3.47. The van der Waals surface area contributed by atoms with Gasteiger partial charge in [0.05, 0.1) is 4.90 Å². The van der Waals surface area contributed by atoms with Gasteiger partial charge in [0.2, 0.25) is 15.9 Å². The summed E-state index contributed by atoms with van der Waals surface area (Å²) >= 11 is 0. The minimum atomic E-state index is -3.44. The summed E-state index contributed by atoms with van der Waals surface area (Å²) in [6, 6.07) is 13.8. The van der Waals surface area contributed by atoms with Crippen molar-refractivity contribution in [3.05, 3.63) is 54.1 Å². The van der Waals surface area contributed by atoms with Crippen LogP contribution >= 0.6 is 0 Å². The summed E-state index contributed by atoms with van der Waals surface area (Å²) in [6.07, 6.45) is 2.68. The molecule has 1 aliphatic rings. The summed E-state index contributed by atoms with van der Waals surface area (Å²) in [5, 5.41) is 6.08. The zero-order valence-corrected chi connectivity index (χ0v) is 17.1. The molecule has 0 unspecified atom stereocenters. The van der Waals surface area contributed by atoms with Gasteiger partial charge in [-0.05, 0) is 62.1 Å². The molecule has 3 rings (SSSR count). The Bertz CT molecular complexity index is 920. The molecule has 2 aromatic carbocycles. The van der Waals surface area contributed by atoms with E-state index in [1.54, 1.807) is 31.2 Å². The van der Waals surface area contributed by atoms with Crippen LogP contribution in [0.4, 0.5) is 11.4 Å². The van der Waals surface area contributed by atoms with Crippen molar-refractivity contribution in [2.45, 2.75) is 44.0 Å². The van der Waals surface area contributed by atoms with Crippen LogP contribution in [0.2, 0.25) is 0 Å². The number of amides is 1. The summed E-state index contributed by atoms with van der Waals surface area (Å²) in [5.74, 6) is -0.180. The van der Waals surface area contributed by atoms with Gasteiger partial charge in [0.25, 0.3) is 0 Å². The molecule has 1 amide bonds. The van der Waals surface area contributed by atoms with Gasteiger partial charge in [0.1, 0.15) is 6.04 Å². The number of anilines is 2. The first-order chi connectivity index (χ1) is 13.4. The van der Waals surface area contributed by atoms with E-state index >= 15 is 0 Å². The second-order valence-electron chi connectivity index (χ2n) is 7.00. The molecule has 0 radical (unpaired) electrons. The fourth-order valence-electron chi connectivity index (χ4n) is 3.31. The van der Waals surface area contributed by atoms with Crippen molar-refractivity contribution in [3.8, 4) is 0 Å². The number of aryl methyl sites for hydroxylation is 1. The molecular weight excluding hydrogens is 374 g/mol. The number of nitrogens with zero attached hydrogens (tertiary/aromatic N) is 1. The zero-order valence-electron chi connectivity index (χ0n) is 16.3. The van der Waals surface area contributed by atoms with Crippen LogP contribution < -0.4 is 10.6 Å². The molecular formula is C21H27N3O3S. The standard InChI is InChI=1S/C21H27N3O3S/c1-3-17-8-4-5-9-20(17)22-16(2)21(25)23-18-10-12-19(13-11-18)28(26,27)24-14-6-7-15-24/h4-5,8-13,16,22H,3,6-7,14-15H2,1-2H3,(H,23,25)/t16-/m1/s1. The molecule has 1 fully saturated rings. The number of carbonyl (C=O) groups is 1. The molecule has 0 saturated carbocycles. The fourth-order valence-corrected chi connectivity index (χ4v) is 4.82. The molecule has 28 heavy (non-hydrogen) atoms. The number of benzene rings is 2. The van der Waals surface area contributed by atoms with Gasteiger partial charge in [0.15, 0.2) is 0 Å². The number of hydrogen-bond donors (Lipinski definition) is 2. The second-order valence-corrected chi connectivity index (χ2v) is 8.94. The molecule has 150 valence electrons. The van der Waals surface area contributed by atoms with E-state index < -0.39 is 16.1 Å². The molecule has 1 aliphatic heterocycles. The highest BCUT2D eigenvalue weighted by atomic mass is 32.2. The third-order valence-corrected chi connectivity index (χ3v) is 6.90. The van der Waals surface area contributed by atoms with E-state index in [9.17, 15) is 13.2 Å². The van der Waals surface area contributed by atoms with Gasteiger partial charge in [0, 0.05) is 24.5 Å². The van der Waals surface area contributed by atoms with Gasteiger partial charge in [-0.1, -0.05) is 25.1 Å². The topological polar surface area (TPSA) is 78.5 Å². The normalized spacial score (nSPS) is 15.9. The Morgan fingerprint density at radius 1 is 1.07 bits per heavy atom.